The fourth-order valence-electron chi connectivity index (χ4n) is 3.78. The number of aromatic nitrogens is 2. The molecule has 5 heteroatoms. The number of hydrogen-bond acceptors (Lipinski definition) is 3. The summed E-state index contributed by atoms with van der Waals surface area (Å²) in [7, 11) is 3.78. The van der Waals surface area contributed by atoms with Crippen molar-refractivity contribution in [2.45, 2.75) is 44.7 Å². The molecule has 5 nitrogen and oxygen atoms in total. The highest BCUT2D eigenvalue weighted by atomic mass is 16.1. The predicted molar refractivity (Wildman–Crippen MR) is 92.1 cm³/mol. The maximum Gasteiger partial charge on any atom is 0.224 e. The molecule has 2 N–H and O–H groups in total. The van der Waals surface area contributed by atoms with Crippen molar-refractivity contribution in [2.24, 2.45) is 13.0 Å². The highest BCUT2D eigenvalue weighted by molar-refractivity contribution is 5.79. The van der Waals surface area contributed by atoms with E-state index in [1.54, 1.807) is 7.05 Å². The second-order valence-corrected chi connectivity index (χ2v) is 6.52. The van der Waals surface area contributed by atoms with Crippen LogP contribution in [0.15, 0.2) is 24.3 Å². The van der Waals surface area contributed by atoms with E-state index < -0.39 is 0 Å². The zero-order valence-corrected chi connectivity index (χ0v) is 14.2. The smallest absolute Gasteiger partial charge is 0.224 e. The zero-order chi connectivity index (χ0) is 16.4. The summed E-state index contributed by atoms with van der Waals surface area (Å²) in [5, 5.41) is 6.47. The number of aryl methyl sites for hydroxylation is 1. The maximum absolute atomic E-state index is 12.1. The Bertz CT molecular complexity index is 693. The van der Waals surface area contributed by atoms with E-state index in [0.717, 1.165) is 36.1 Å². The molecule has 2 aromatic rings. The molecular formula is C18H26N4O. The van der Waals surface area contributed by atoms with Gasteiger partial charge in [-0.3, -0.25) is 4.79 Å². The summed E-state index contributed by atoms with van der Waals surface area (Å²) in [6.45, 7) is 2.14. The van der Waals surface area contributed by atoms with Crippen LogP contribution in [0.25, 0.3) is 11.0 Å². The minimum atomic E-state index is 0.0610. The molecule has 1 amide bonds. The molecular weight excluding hydrogens is 288 g/mol. The molecule has 124 valence electrons. The minimum absolute atomic E-state index is 0.0610. The van der Waals surface area contributed by atoms with Crippen LogP contribution in [0.2, 0.25) is 0 Å². The van der Waals surface area contributed by atoms with E-state index in [9.17, 15) is 4.79 Å². The summed E-state index contributed by atoms with van der Waals surface area (Å²) >= 11 is 0. The minimum Gasteiger partial charge on any atom is -0.359 e. The number of rotatable bonds is 4. The Morgan fingerprint density at radius 2 is 2.04 bits per heavy atom. The number of hydrogen-bond donors (Lipinski definition) is 2. The van der Waals surface area contributed by atoms with Gasteiger partial charge in [-0.2, -0.15) is 0 Å². The Kier molecular flexibility index (Phi) is 4.66. The monoisotopic (exact) mass is 314 g/mol. The highest BCUT2D eigenvalue weighted by Crippen LogP contribution is 2.27. The number of nitrogens with zero attached hydrogens (tertiary/aromatic N) is 2. The molecule has 0 saturated heterocycles. The average molecular weight is 314 g/mol. The summed E-state index contributed by atoms with van der Waals surface area (Å²) in [4.78, 5) is 16.9. The van der Waals surface area contributed by atoms with Gasteiger partial charge in [0.25, 0.3) is 0 Å². The lowest BCUT2D eigenvalue weighted by molar-refractivity contribution is -0.126. The number of para-hydroxylation sites is 2. The summed E-state index contributed by atoms with van der Waals surface area (Å²) in [5.41, 5.74) is 2.16. The van der Waals surface area contributed by atoms with Gasteiger partial charge in [0.1, 0.15) is 5.82 Å². The van der Waals surface area contributed by atoms with Crippen molar-refractivity contribution in [3.8, 4) is 0 Å². The number of carbonyl (C=O) groups excluding carboxylic acids is 1. The molecule has 1 heterocycles. The van der Waals surface area contributed by atoms with Crippen molar-refractivity contribution in [2.75, 3.05) is 7.05 Å². The molecule has 0 unspecified atom stereocenters. The average Bonchev–Trinajstić information content (AvgIpc) is 2.92. The number of nitrogens with one attached hydrogen (secondary N) is 2. The maximum atomic E-state index is 12.1. The van der Waals surface area contributed by atoms with Crippen molar-refractivity contribution in [1.82, 2.24) is 20.2 Å². The lowest BCUT2D eigenvalue weighted by atomic mass is 9.83. The molecule has 3 atom stereocenters. The van der Waals surface area contributed by atoms with Gasteiger partial charge in [0.05, 0.1) is 23.0 Å². The second kappa shape index (κ2) is 6.71. The third-order valence-corrected chi connectivity index (χ3v) is 5.02. The fraction of sp³-hybridized carbons (Fsp3) is 0.556. The van der Waals surface area contributed by atoms with Crippen molar-refractivity contribution in [1.29, 1.82) is 0 Å². The van der Waals surface area contributed by atoms with E-state index in [0.29, 0.717) is 0 Å². The van der Waals surface area contributed by atoms with Gasteiger partial charge < -0.3 is 15.2 Å². The normalized spacial score (nSPS) is 22.9. The Balaban J connectivity index is 1.80. The topological polar surface area (TPSA) is 59.0 Å². The highest BCUT2D eigenvalue weighted by Gasteiger charge is 2.31. The lowest BCUT2D eigenvalue weighted by Crippen LogP contribution is -2.46. The van der Waals surface area contributed by atoms with Crippen LogP contribution in [-0.2, 0) is 11.8 Å². The predicted octanol–water partition coefficient (Wildman–Crippen LogP) is 2.53. The van der Waals surface area contributed by atoms with Gasteiger partial charge in [-0.1, -0.05) is 25.0 Å². The molecule has 0 radical (unpaired) electrons. The van der Waals surface area contributed by atoms with Gasteiger partial charge in [-0.25, -0.2) is 4.98 Å². The zero-order valence-electron chi connectivity index (χ0n) is 14.2. The van der Waals surface area contributed by atoms with Crippen LogP contribution in [0.5, 0.6) is 0 Å². The number of amides is 1. The van der Waals surface area contributed by atoms with Gasteiger partial charge in [-0.15, -0.1) is 0 Å². The van der Waals surface area contributed by atoms with Crippen molar-refractivity contribution in [3.05, 3.63) is 30.1 Å². The Hall–Kier alpha value is -1.88. The van der Waals surface area contributed by atoms with Crippen LogP contribution in [0.3, 0.4) is 0 Å². The van der Waals surface area contributed by atoms with Gasteiger partial charge in [0.15, 0.2) is 0 Å². The van der Waals surface area contributed by atoms with Gasteiger partial charge >= 0.3 is 0 Å². The van der Waals surface area contributed by atoms with Crippen LogP contribution >= 0.6 is 0 Å². The molecule has 3 rings (SSSR count). The first-order valence-corrected chi connectivity index (χ1v) is 8.50. The summed E-state index contributed by atoms with van der Waals surface area (Å²) in [6, 6.07) is 8.52. The second-order valence-electron chi connectivity index (χ2n) is 6.52. The Morgan fingerprint density at radius 1 is 1.30 bits per heavy atom. The van der Waals surface area contributed by atoms with E-state index in [1.807, 2.05) is 18.2 Å². The largest absolute Gasteiger partial charge is 0.359 e. The Morgan fingerprint density at radius 3 is 2.78 bits per heavy atom. The number of benzene rings is 1. The first kappa shape index (κ1) is 16.0. The molecule has 0 aliphatic heterocycles. The number of imidazole rings is 1. The summed E-state index contributed by atoms with van der Waals surface area (Å²) in [6.07, 6.45) is 4.33. The number of fused-ring (bicyclic) bond motifs is 1. The SMILES string of the molecule is CNC(=O)[C@@H]1CCCC[C@H]1N[C@@H](C)c1nc2ccccc2n1C. The van der Waals surface area contributed by atoms with Crippen molar-refractivity contribution < 1.29 is 4.79 Å². The fourth-order valence-corrected chi connectivity index (χ4v) is 3.78. The summed E-state index contributed by atoms with van der Waals surface area (Å²) in [5.74, 6) is 1.23. The molecule has 1 aromatic heterocycles. The molecule has 1 saturated carbocycles. The first-order valence-electron chi connectivity index (χ1n) is 8.50. The lowest BCUT2D eigenvalue weighted by Gasteiger charge is -2.33. The number of carbonyl (C=O) groups is 1. The van der Waals surface area contributed by atoms with E-state index in [4.69, 9.17) is 4.98 Å². The van der Waals surface area contributed by atoms with E-state index >= 15 is 0 Å². The van der Waals surface area contributed by atoms with E-state index in [1.165, 1.54) is 6.42 Å². The van der Waals surface area contributed by atoms with Crippen LogP contribution < -0.4 is 10.6 Å². The van der Waals surface area contributed by atoms with Crippen LogP contribution in [0, 0.1) is 5.92 Å². The molecule has 0 spiro atoms. The van der Waals surface area contributed by atoms with Gasteiger partial charge in [-0.05, 0) is 31.9 Å². The molecule has 1 aromatic carbocycles. The third-order valence-electron chi connectivity index (χ3n) is 5.02. The van der Waals surface area contributed by atoms with Crippen LogP contribution in [0.4, 0.5) is 0 Å². The third kappa shape index (κ3) is 3.11. The molecule has 1 fully saturated rings. The Labute approximate surface area is 137 Å². The van der Waals surface area contributed by atoms with Gasteiger partial charge in [0, 0.05) is 20.1 Å². The summed E-state index contributed by atoms with van der Waals surface area (Å²) < 4.78 is 2.14. The van der Waals surface area contributed by atoms with Crippen LogP contribution in [0.1, 0.15) is 44.5 Å². The van der Waals surface area contributed by atoms with Crippen LogP contribution in [-0.4, -0.2) is 28.5 Å². The molecule has 1 aliphatic rings. The van der Waals surface area contributed by atoms with Crippen molar-refractivity contribution in [3.63, 3.8) is 0 Å². The quantitative estimate of drug-likeness (QED) is 0.912. The van der Waals surface area contributed by atoms with E-state index in [-0.39, 0.29) is 23.9 Å². The molecule has 23 heavy (non-hydrogen) atoms. The first-order chi connectivity index (χ1) is 11.1. The molecule has 1 aliphatic carbocycles. The molecule has 0 bridgehead atoms. The van der Waals surface area contributed by atoms with Gasteiger partial charge in [0.2, 0.25) is 5.91 Å². The van der Waals surface area contributed by atoms with Crippen molar-refractivity contribution >= 4 is 16.9 Å². The van der Waals surface area contributed by atoms with E-state index in [2.05, 4.69) is 35.2 Å². The standard InChI is InChI=1S/C18H26N4O/c1-12(17-21-15-10-6-7-11-16(15)22(17)3)20-14-9-5-4-8-13(14)18(23)19-2/h6-7,10-14,20H,4-5,8-9H2,1-3H3,(H,19,23)/t12-,13+,14+/m0/s1.